The summed E-state index contributed by atoms with van der Waals surface area (Å²) in [6.07, 6.45) is -15.7. The predicted molar refractivity (Wildman–Crippen MR) is 113 cm³/mol. The number of pyridine rings is 1. The maximum Gasteiger partial charge on any atom is 0.573 e. The molecule has 1 unspecified atom stereocenters. The van der Waals surface area contributed by atoms with Crippen molar-refractivity contribution in [1.29, 1.82) is 0 Å². The number of benzene rings is 2. The topological polar surface area (TPSA) is 65.6 Å². The first-order chi connectivity index (χ1) is 18.3. The smallest absolute Gasteiger partial charge is 0.573 e. The fourth-order valence-electron chi connectivity index (χ4n) is 3.83. The second kappa shape index (κ2) is 11.0. The van der Waals surface area contributed by atoms with E-state index in [1.54, 1.807) is 0 Å². The summed E-state index contributed by atoms with van der Waals surface area (Å²) in [6.45, 7) is -3.53. The second-order valence-corrected chi connectivity index (χ2v) is 8.28. The number of aliphatic hydroxyl groups is 1. The van der Waals surface area contributed by atoms with Crippen LogP contribution in [0.1, 0.15) is 28.2 Å². The average molecular weight is 591 g/mol. The van der Waals surface area contributed by atoms with Gasteiger partial charge in [-0.15, -0.1) is 13.2 Å². The summed E-state index contributed by atoms with van der Waals surface area (Å²) >= 11 is 0. The molecular formula is C24H16F11NO4. The molecule has 0 spiro atoms. The molecule has 0 amide bonds. The Balaban J connectivity index is 2.14. The second-order valence-electron chi connectivity index (χ2n) is 8.28. The highest BCUT2D eigenvalue weighted by molar-refractivity contribution is 5.47. The molecule has 1 heterocycles. The van der Waals surface area contributed by atoms with Crippen LogP contribution >= 0.6 is 0 Å². The Morgan fingerprint density at radius 3 is 1.75 bits per heavy atom. The Bertz CT molecular complexity index is 1270. The Morgan fingerprint density at radius 1 is 0.750 bits per heavy atom. The SMILES string of the molecule is [O-][n+]1ccc(CC(c2ccc(C(O)(C(F)(F)F)C(F)(F)F)cc2)c2ccc(OC(F)F)c(OC(F)(F)F)c2)cc1. The van der Waals surface area contributed by atoms with Gasteiger partial charge in [0.15, 0.2) is 23.9 Å². The van der Waals surface area contributed by atoms with Crippen LogP contribution in [0.25, 0.3) is 0 Å². The number of halogens is 11. The summed E-state index contributed by atoms with van der Waals surface area (Å²) in [7, 11) is 0. The first-order valence-corrected chi connectivity index (χ1v) is 10.8. The number of alkyl halides is 11. The van der Waals surface area contributed by atoms with E-state index >= 15 is 0 Å². The Hall–Kier alpha value is -3.82. The quantitative estimate of drug-likeness (QED) is 0.185. The zero-order valence-corrected chi connectivity index (χ0v) is 19.5. The molecule has 0 aliphatic heterocycles. The summed E-state index contributed by atoms with van der Waals surface area (Å²) in [5.41, 5.74) is -6.60. The lowest BCUT2D eigenvalue weighted by atomic mass is 9.84. The van der Waals surface area contributed by atoms with Gasteiger partial charge in [0.2, 0.25) is 0 Å². The lowest BCUT2D eigenvalue weighted by Gasteiger charge is -2.33. The van der Waals surface area contributed by atoms with Gasteiger partial charge in [0, 0.05) is 23.6 Å². The van der Waals surface area contributed by atoms with Gasteiger partial charge in [0.05, 0.1) is 0 Å². The van der Waals surface area contributed by atoms with Gasteiger partial charge in [-0.05, 0) is 35.2 Å². The standard InChI is InChI=1S/C24H16F11NO4/c25-20(26)39-18-6-3-15(12-19(18)40-24(33,34)35)17(11-13-7-9-36(38)10-8-13)14-1-4-16(5-2-14)21(37,22(27,28)29)23(30,31)32/h1-10,12,17,20,37H,11H2. The monoisotopic (exact) mass is 591 g/mol. The van der Waals surface area contributed by atoms with E-state index in [0.717, 1.165) is 30.6 Å². The highest BCUT2D eigenvalue weighted by Gasteiger charge is 2.71. The molecule has 0 saturated carbocycles. The van der Waals surface area contributed by atoms with E-state index in [4.69, 9.17) is 0 Å². The maximum absolute atomic E-state index is 13.3. The number of hydrogen-bond donors (Lipinski definition) is 1. The van der Waals surface area contributed by atoms with Gasteiger partial charge in [-0.25, -0.2) is 0 Å². The average Bonchev–Trinajstić information content (AvgIpc) is 2.82. The van der Waals surface area contributed by atoms with Crippen molar-refractivity contribution in [2.24, 2.45) is 0 Å². The molecule has 16 heteroatoms. The zero-order chi connectivity index (χ0) is 30.1. The molecule has 218 valence electrons. The fraction of sp³-hybridized carbons (Fsp3) is 0.292. The fourth-order valence-corrected chi connectivity index (χ4v) is 3.83. The third kappa shape index (κ3) is 6.84. The van der Waals surface area contributed by atoms with Crippen LogP contribution < -0.4 is 14.2 Å². The van der Waals surface area contributed by atoms with Gasteiger partial charge in [-0.3, -0.25) is 0 Å². The number of rotatable bonds is 8. The Morgan fingerprint density at radius 2 is 1.27 bits per heavy atom. The van der Waals surface area contributed by atoms with Gasteiger partial charge in [-0.2, -0.15) is 39.9 Å². The highest BCUT2D eigenvalue weighted by Crippen LogP contribution is 2.50. The number of aromatic nitrogens is 1. The van der Waals surface area contributed by atoms with Crippen LogP contribution in [0.3, 0.4) is 0 Å². The molecule has 0 saturated heterocycles. The van der Waals surface area contributed by atoms with E-state index < -0.39 is 53.9 Å². The number of nitrogens with zero attached hydrogens (tertiary/aromatic N) is 1. The van der Waals surface area contributed by atoms with Gasteiger partial charge in [-0.1, -0.05) is 30.3 Å². The van der Waals surface area contributed by atoms with Crippen molar-refractivity contribution in [2.75, 3.05) is 0 Å². The summed E-state index contributed by atoms with van der Waals surface area (Å²) in [4.78, 5) is 0. The van der Waals surface area contributed by atoms with Crippen LogP contribution in [0.4, 0.5) is 48.3 Å². The van der Waals surface area contributed by atoms with Gasteiger partial charge in [0.25, 0.3) is 5.60 Å². The number of hydrogen-bond acceptors (Lipinski definition) is 4. The first-order valence-electron chi connectivity index (χ1n) is 10.8. The van der Waals surface area contributed by atoms with Crippen molar-refractivity contribution in [1.82, 2.24) is 0 Å². The van der Waals surface area contributed by atoms with Crippen molar-refractivity contribution >= 4 is 0 Å². The van der Waals surface area contributed by atoms with Gasteiger partial charge >= 0.3 is 25.3 Å². The minimum Gasteiger partial charge on any atom is -0.619 e. The van der Waals surface area contributed by atoms with Crippen LogP contribution in [0.5, 0.6) is 11.5 Å². The van der Waals surface area contributed by atoms with Crippen LogP contribution in [-0.4, -0.2) is 30.4 Å². The molecule has 0 aliphatic rings. The van der Waals surface area contributed by atoms with Crippen molar-refractivity contribution in [2.45, 2.75) is 43.3 Å². The Labute approximate surface area is 217 Å². The molecule has 1 atom stereocenters. The molecule has 0 aliphatic carbocycles. The van der Waals surface area contributed by atoms with Crippen LogP contribution in [-0.2, 0) is 12.0 Å². The van der Waals surface area contributed by atoms with Crippen molar-refractivity contribution in [3.8, 4) is 11.5 Å². The van der Waals surface area contributed by atoms with E-state index in [1.165, 1.54) is 12.1 Å². The molecule has 5 nitrogen and oxygen atoms in total. The predicted octanol–water partition coefficient (Wildman–Crippen LogP) is 6.51. The molecule has 40 heavy (non-hydrogen) atoms. The molecule has 0 radical (unpaired) electrons. The normalized spacial score (nSPS) is 13.8. The van der Waals surface area contributed by atoms with E-state index in [-0.39, 0.29) is 17.5 Å². The lowest BCUT2D eigenvalue weighted by Crippen LogP contribution is -2.53. The summed E-state index contributed by atoms with van der Waals surface area (Å²) < 4.78 is 152. The summed E-state index contributed by atoms with van der Waals surface area (Å²) in [6, 6.07) is 7.28. The third-order valence-electron chi connectivity index (χ3n) is 5.67. The Kier molecular flexibility index (Phi) is 8.43. The first kappa shape index (κ1) is 30.7. The molecule has 0 fully saturated rings. The maximum atomic E-state index is 13.3. The van der Waals surface area contributed by atoms with Crippen LogP contribution in [0, 0.1) is 5.21 Å². The minimum atomic E-state index is -6.16. The zero-order valence-electron chi connectivity index (χ0n) is 19.5. The van der Waals surface area contributed by atoms with Crippen molar-refractivity contribution in [3.63, 3.8) is 0 Å². The number of ether oxygens (including phenoxy) is 2. The van der Waals surface area contributed by atoms with E-state index in [9.17, 15) is 58.6 Å². The van der Waals surface area contributed by atoms with Crippen LogP contribution in [0.15, 0.2) is 67.0 Å². The summed E-state index contributed by atoms with van der Waals surface area (Å²) in [5, 5.41) is 21.0. The summed E-state index contributed by atoms with van der Waals surface area (Å²) in [5.74, 6) is -3.32. The van der Waals surface area contributed by atoms with Crippen LogP contribution in [0.2, 0.25) is 0 Å². The molecule has 3 aromatic rings. The molecule has 3 rings (SSSR count). The molecular weight excluding hydrogens is 575 g/mol. The largest absolute Gasteiger partial charge is 0.619 e. The molecule has 2 aromatic carbocycles. The van der Waals surface area contributed by atoms with E-state index in [2.05, 4.69) is 9.47 Å². The van der Waals surface area contributed by atoms with E-state index in [0.29, 0.717) is 34.6 Å². The van der Waals surface area contributed by atoms with Gasteiger partial charge < -0.3 is 19.8 Å². The molecule has 0 bridgehead atoms. The van der Waals surface area contributed by atoms with Crippen molar-refractivity contribution < 1.29 is 67.6 Å². The molecule has 1 N–H and O–H groups in total. The highest BCUT2D eigenvalue weighted by atomic mass is 19.4. The van der Waals surface area contributed by atoms with E-state index in [1.807, 2.05) is 0 Å². The molecule has 1 aromatic heterocycles. The van der Waals surface area contributed by atoms with Crippen molar-refractivity contribution in [3.05, 3.63) is 94.5 Å². The minimum absolute atomic E-state index is 0.0465. The third-order valence-corrected chi connectivity index (χ3v) is 5.67. The van der Waals surface area contributed by atoms with Gasteiger partial charge in [0.1, 0.15) is 0 Å². The lowest BCUT2D eigenvalue weighted by molar-refractivity contribution is -0.605.